The van der Waals surface area contributed by atoms with Gasteiger partial charge in [0.15, 0.2) is 0 Å². The smallest absolute Gasteiger partial charge is 0.244 e. The summed E-state index contributed by atoms with van der Waals surface area (Å²) in [5.41, 5.74) is 1.93. The van der Waals surface area contributed by atoms with Gasteiger partial charge < -0.3 is 10.2 Å². The topological polar surface area (TPSA) is 86.8 Å². The monoisotopic (exact) mass is 493 g/mol. The first-order valence-electron chi connectivity index (χ1n) is 10.8. The quantitative estimate of drug-likeness (QED) is 0.546. The lowest BCUT2D eigenvalue weighted by molar-refractivity contribution is -0.140. The lowest BCUT2D eigenvalue weighted by atomic mass is 10.1. The predicted octanol–water partition coefficient (Wildman–Crippen LogP) is 3.75. The molecule has 0 aliphatic rings. The van der Waals surface area contributed by atoms with Gasteiger partial charge in [0.25, 0.3) is 0 Å². The number of benzene rings is 2. The molecule has 0 radical (unpaired) electrons. The summed E-state index contributed by atoms with van der Waals surface area (Å²) in [4.78, 5) is 27.9. The summed E-state index contributed by atoms with van der Waals surface area (Å²) in [6, 6.07) is 13.3. The summed E-state index contributed by atoms with van der Waals surface area (Å²) in [6.45, 7) is 7.06. The number of anilines is 1. The average Bonchev–Trinajstić information content (AvgIpc) is 2.73. The van der Waals surface area contributed by atoms with Crippen LogP contribution in [0.4, 0.5) is 5.69 Å². The Morgan fingerprint density at radius 3 is 2.24 bits per heavy atom. The largest absolute Gasteiger partial charge is 0.352 e. The molecule has 0 heterocycles. The molecule has 0 fully saturated rings. The van der Waals surface area contributed by atoms with Gasteiger partial charge in [-0.3, -0.25) is 13.9 Å². The third kappa shape index (κ3) is 7.47. The lowest BCUT2D eigenvalue weighted by Crippen LogP contribution is -2.53. The van der Waals surface area contributed by atoms with Crippen molar-refractivity contribution in [1.82, 2.24) is 10.2 Å². The number of sulfonamides is 1. The van der Waals surface area contributed by atoms with Crippen molar-refractivity contribution in [3.63, 3.8) is 0 Å². The van der Waals surface area contributed by atoms with Crippen LogP contribution in [0.15, 0.2) is 48.5 Å². The number of carbonyl (C=O) groups excluding carboxylic acids is 2. The number of rotatable bonds is 10. The average molecular weight is 494 g/mol. The highest BCUT2D eigenvalue weighted by Crippen LogP contribution is 2.25. The molecule has 0 aromatic heterocycles. The van der Waals surface area contributed by atoms with Gasteiger partial charge in [0.1, 0.15) is 12.6 Å². The van der Waals surface area contributed by atoms with Gasteiger partial charge in [0.05, 0.1) is 11.9 Å². The molecule has 180 valence electrons. The SMILES string of the molecule is CCC(C(=O)NC(C)C)N(Cc1ccccc1)C(=O)CN(c1ccc(C)c(Cl)c1)S(C)(=O)=O. The van der Waals surface area contributed by atoms with Crippen molar-refractivity contribution in [2.24, 2.45) is 0 Å². The van der Waals surface area contributed by atoms with Gasteiger partial charge in [-0.2, -0.15) is 0 Å². The summed E-state index contributed by atoms with van der Waals surface area (Å²) in [5, 5.41) is 3.26. The van der Waals surface area contributed by atoms with Crippen LogP contribution < -0.4 is 9.62 Å². The van der Waals surface area contributed by atoms with Gasteiger partial charge in [-0.05, 0) is 50.5 Å². The maximum atomic E-state index is 13.5. The lowest BCUT2D eigenvalue weighted by Gasteiger charge is -2.33. The molecule has 0 aliphatic heterocycles. The van der Waals surface area contributed by atoms with E-state index in [-0.39, 0.29) is 18.5 Å². The Labute approximate surface area is 201 Å². The van der Waals surface area contributed by atoms with Crippen LogP contribution in [0.2, 0.25) is 5.02 Å². The fraction of sp³-hybridized carbons (Fsp3) is 0.417. The minimum Gasteiger partial charge on any atom is -0.352 e. The van der Waals surface area contributed by atoms with E-state index >= 15 is 0 Å². The molecule has 7 nitrogen and oxygen atoms in total. The third-order valence-corrected chi connectivity index (χ3v) is 6.68. The number of nitrogens with zero attached hydrogens (tertiary/aromatic N) is 2. The first-order valence-corrected chi connectivity index (χ1v) is 13.0. The molecule has 9 heteroatoms. The number of halogens is 1. The van der Waals surface area contributed by atoms with Crippen LogP contribution in [0, 0.1) is 6.92 Å². The molecular formula is C24H32ClN3O4S. The molecule has 0 spiro atoms. The van der Waals surface area contributed by atoms with Gasteiger partial charge in [0, 0.05) is 17.6 Å². The molecular weight excluding hydrogens is 462 g/mol. The standard InChI is InChI=1S/C24H32ClN3O4S/c1-6-22(24(30)26-17(2)3)27(15-19-10-8-7-9-11-19)23(29)16-28(33(5,31)32)20-13-12-18(4)21(25)14-20/h7-14,17,22H,6,15-16H2,1-5H3,(H,26,30). The van der Waals surface area contributed by atoms with Crippen molar-refractivity contribution in [2.45, 2.75) is 52.7 Å². The Morgan fingerprint density at radius 2 is 1.73 bits per heavy atom. The van der Waals surface area contributed by atoms with Crippen LogP contribution in [0.5, 0.6) is 0 Å². The second-order valence-corrected chi connectivity index (χ2v) is 10.6. The Morgan fingerprint density at radius 1 is 1.09 bits per heavy atom. The summed E-state index contributed by atoms with van der Waals surface area (Å²) in [5.74, 6) is -0.757. The van der Waals surface area contributed by atoms with Crippen molar-refractivity contribution < 1.29 is 18.0 Å². The predicted molar refractivity (Wildman–Crippen MR) is 133 cm³/mol. The second-order valence-electron chi connectivity index (χ2n) is 8.30. The van der Waals surface area contributed by atoms with E-state index < -0.39 is 28.5 Å². The van der Waals surface area contributed by atoms with Crippen LogP contribution in [-0.4, -0.2) is 50.0 Å². The second kappa shape index (κ2) is 11.5. The van der Waals surface area contributed by atoms with Crippen LogP contribution in [0.3, 0.4) is 0 Å². The zero-order valence-corrected chi connectivity index (χ0v) is 21.3. The highest BCUT2D eigenvalue weighted by atomic mass is 35.5. The van der Waals surface area contributed by atoms with E-state index in [9.17, 15) is 18.0 Å². The van der Waals surface area contributed by atoms with E-state index in [0.29, 0.717) is 17.1 Å². The first kappa shape index (κ1) is 26.7. The van der Waals surface area contributed by atoms with Crippen LogP contribution in [-0.2, 0) is 26.2 Å². The first-order chi connectivity index (χ1) is 15.4. The van der Waals surface area contributed by atoms with Crippen molar-refractivity contribution in [1.29, 1.82) is 0 Å². The van der Waals surface area contributed by atoms with Crippen LogP contribution in [0.1, 0.15) is 38.3 Å². The molecule has 0 aliphatic carbocycles. The minimum absolute atomic E-state index is 0.0950. The molecule has 1 unspecified atom stereocenters. The fourth-order valence-corrected chi connectivity index (χ4v) is 4.45. The van der Waals surface area contributed by atoms with Gasteiger partial charge >= 0.3 is 0 Å². The van der Waals surface area contributed by atoms with E-state index in [2.05, 4.69) is 5.32 Å². The van der Waals surface area contributed by atoms with Crippen molar-refractivity contribution in [3.8, 4) is 0 Å². The third-order valence-electron chi connectivity index (χ3n) is 5.14. The minimum atomic E-state index is -3.79. The Hall–Kier alpha value is -2.58. The summed E-state index contributed by atoms with van der Waals surface area (Å²) >= 11 is 6.21. The molecule has 2 aromatic carbocycles. The number of nitrogens with one attached hydrogen (secondary N) is 1. The molecule has 1 atom stereocenters. The molecule has 0 saturated heterocycles. The van der Waals surface area contributed by atoms with Crippen LogP contribution >= 0.6 is 11.6 Å². The summed E-state index contributed by atoms with van der Waals surface area (Å²) in [6.07, 6.45) is 1.42. The molecule has 1 N–H and O–H groups in total. The normalized spacial score (nSPS) is 12.3. The molecule has 2 amide bonds. The summed E-state index contributed by atoms with van der Waals surface area (Å²) < 4.78 is 26.2. The number of aryl methyl sites for hydroxylation is 1. The zero-order chi connectivity index (χ0) is 24.8. The number of hydrogen-bond donors (Lipinski definition) is 1. The fourth-order valence-electron chi connectivity index (χ4n) is 3.43. The molecule has 0 saturated carbocycles. The number of hydrogen-bond acceptors (Lipinski definition) is 4. The van der Waals surface area contributed by atoms with Gasteiger partial charge in [-0.1, -0.05) is 54.9 Å². The molecule has 33 heavy (non-hydrogen) atoms. The van der Waals surface area contributed by atoms with E-state index in [1.807, 2.05) is 58.0 Å². The van der Waals surface area contributed by atoms with E-state index in [0.717, 1.165) is 21.7 Å². The van der Waals surface area contributed by atoms with Crippen molar-refractivity contribution in [2.75, 3.05) is 17.1 Å². The maximum Gasteiger partial charge on any atom is 0.244 e. The van der Waals surface area contributed by atoms with Crippen LogP contribution in [0.25, 0.3) is 0 Å². The van der Waals surface area contributed by atoms with Crippen molar-refractivity contribution >= 4 is 39.1 Å². The van der Waals surface area contributed by atoms with Gasteiger partial charge in [0.2, 0.25) is 21.8 Å². The van der Waals surface area contributed by atoms with E-state index in [1.165, 1.54) is 11.0 Å². The highest BCUT2D eigenvalue weighted by Gasteiger charge is 2.32. The van der Waals surface area contributed by atoms with E-state index in [1.54, 1.807) is 12.1 Å². The Kier molecular flexibility index (Phi) is 9.31. The molecule has 2 aromatic rings. The van der Waals surface area contributed by atoms with Crippen molar-refractivity contribution in [3.05, 3.63) is 64.7 Å². The molecule has 0 bridgehead atoms. The Bertz CT molecular complexity index is 1070. The maximum absolute atomic E-state index is 13.5. The highest BCUT2D eigenvalue weighted by molar-refractivity contribution is 7.92. The zero-order valence-electron chi connectivity index (χ0n) is 19.7. The van der Waals surface area contributed by atoms with Gasteiger partial charge in [-0.25, -0.2) is 8.42 Å². The molecule has 2 rings (SSSR count). The van der Waals surface area contributed by atoms with E-state index in [4.69, 9.17) is 11.6 Å². The number of carbonyl (C=O) groups is 2. The Balaban J connectivity index is 2.43. The summed E-state index contributed by atoms with van der Waals surface area (Å²) in [7, 11) is -3.79. The van der Waals surface area contributed by atoms with Gasteiger partial charge in [-0.15, -0.1) is 0 Å². The number of amides is 2.